The van der Waals surface area contributed by atoms with E-state index in [1.54, 1.807) is 9.81 Å². The second-order valence-corrected chi connectivity index (χ2v) is 6.91. The molecule has 0 nitrogen and oxygen atoms in total. The van der Waals surface area contributed by atoms with Gasteiger partial charge in [0, 0.05) is 0 Å². The molecule has 1 heterocycles. The molecule has 0 N–H and O–H groups in total. The smallest absolute Gasteiger partial charge is 0.0142 e. The van der Waals surface area contributed by atoms with Gasteiger partial charge in [-0.05, 0) is 41.9 Å². The van der Waals surface area contributed by atoms with Gasteiger partial charge in [0.05, 0.1) is 0 Å². The van der Waals surface area contributed by atoms with Gasteiger partial charge in [-0.25, -0.2) is 0 Å². The van der Waals surface area contributed by atoms with E-state index in [4.69, 9.17) is 0 Å². The van der Waals surface area contributed by atoms with Gasteiger partial charge in [-0.3, -0.25) is 0 Å². The van der Waals surface area contributed by atoms with E-state index in [1.807, 2.05) is 0 Å². The Balaban J connectivity index is 2.06. The fraction of sp³-hybridized carbons (Fsp3) is 0.778. The molecule has 0 fully saturated rings. The molecule has 0 aromatic heterocycles. The lowest BCUT2D eigenvalue weighted by Gasteiger charge is -2.14. The highest BCUT2D eigenvalue weighted by atomic mass is 32.2. The summed E-state index contributed by atoms with van der Waals surface area (Å²) in [6, 6.07) is 0. The molecule has 0 aromatic rings. The lowest BCUT2D eigenvalue weighted by molar-refractivity contribution is 0.610. The van der Waals surface area contributed by atoms with E-state index in [0.717, 1.165) is 0 Å². The van der Waals surface area contributed by atoms with Crippen molar-refractivity contribution in [1.29, 1.82) is 0 Å². The first kappa shape index (κ1) is 16.9. The van der Waals surface area contributed by atoms with E-state index in [2.05, 4.69) is 37.8 Å². The number of thioether (sulfide) groups is 1. The minimum atomic E-state index is 1.18. The lowest BCUT2D eigenvalue weighted by atomic mass is 10.1. The van der Waals surface area contributed by atoms with Gasteiger partial charge in [-0.15, -0.1) is 0 Å². The maximum atomic E-state index is 2.44. The van der Waals surface area contributed by atoms with E-state index in [1.165, 1.54) is 77.0 Å². The average Bonchev–Trinajstić information content (AvgIpc) is 2.43. The largest absolute Gasteiger partial charge is 0.0997 e. The number of rotatable bonds is 11. The van der Waals surface area contributed by atoms with Crippen molar-refractivity contribution in [2.45, 2.75) is 90.9 Å². The standard InChI is InChI=1S/C18H32S/c1-3-5-7-8-9-11-14-18-16-12-15-17(19-18)13-10-6-4-2/h15-16H,3-14H2,1-2H3. The Bertz CT molecular complexity index is 275. The molecular weight excluding hydrogens is 248 g/mol. The van der Waals surface area contributed by atoms with Crippen molar-refractivity contribution >= 4 is 11.8 Å². The summed E-state index contributed by atoms with van der Waals surface area (Å²) in [6.07, 6.45) is 21.2. The normalized spacial score (nSPS) is 15.3. The molecule has 0 radical (unpaired) electrons. The van der Waals surface area contributed by atoms with Gasteiger partial charge < -0.3 is 0 Å². The van der Waals surface area contributed by atoms with E-state index in [-0.39, 0.29) is 0 Å². The van der Waals surface area contributed by atoms with Crippen LogP contribution in [0, 0.1) is 0 Å². The van der Waals surface area contributed by atoms with Crippen molar-refractivity contribution in [3.63, 3.8) is 0 Å². The number of hydrogen-bond acceptors (Lipinski definition) is 1. The molecule has 0 unspecified atom stereocenters. The second-order valence-electron chi connectivity index (χ2n) is 5.65. The summed E-state index contributed by atoms with van der Waals surface area (Å²) in [5.74, 6) is 0. The Morgan fingerprint density at radius 2 is 1.21 bits per heavy atom. The predicted molar refractivity (Wildman–Crippen MR) is 90.5 cm³/mol. The van der Waals surface area contributed by atoms with Crippen LogP contribution in [0.4, 0.5) is 0 Å². The Hall–Kier alpha value is -0.170. The lowest BCUT2D eigenvalue weighted by Crippen LogP contribution is -1.89. The first-order valence-corrected chi connectivity index (χ1v) is 9.24. The van der Waals surface area contributed by atoms with Crippen molar-refractivity contribution in [3.8, 4) is 0 Å². The fourth-order valence-corrected chi connectivity index (χ4v) is 3.70. The Morgan fingerprint density at radius 3 is 1.84 bits per heavy atom. The first-order valence-electron chi connectivity index (χ1n) is 8.42. The summed E-state index contributed by atoms with van der Waals surface area (Å²) < 4.78 is 0. The quantitative estimate of drug-likeness (QED) is 0.360. The van der Waals surface area contributed by atoms with Gasteiger partial charge >= 0.3 is 0 Å². The van der Waals surface area contributed by atoms with Crippen LogP contribution in [0.1, 0.15) is 90.9 Å². The Morgan fingerprint density at radius 1 is 0.737 bits per heavy atom. The zero-order chi connectivity index (χ0) is 13.8. The monoisotopic (exact) mass is 280 g/mol. The summed E-state index contributed by atoms with van der Waals surface area (Å²) in [5, 5.41) is 0. The van der Waals surface area contributed by atoms with Crippen molar-refractivity contribution in [2.75, 3.05) is 0 Å². The van der Waals surface area contributed by atoms with Crippen LogP contribution < -0.4 is 0 Å². The van der Waals surface area contributed by atoms with E-state index < -0.39 is 0 Å². The minimum absolute atomic E-state index is 1.18. The molecule has 1 heteroatoms. The van der Waals surface area contributed by atoms with Crippen molar-refractivity contribution in [2.24, 2.45) is 0 Å². The Kier molecular flexibility index (Phi) is 10.3. The molecule has 1 aliphatic rings. The zero-order valence-electron chi connectivity index (χ0n) is 13.0. The molecule has 0 saturated carbocycles. The molecule has 0 saturated heterocycles. The highest BCUT2D eigenvalue weighted by Gasteiger charge is 2.07. The topological polar surface area (TPSA) is 0 Å². The van der Waals surface area contributed by atoms with Gasteiger partial charge in [0.25, 0.3) is 0 Å². The van der Waals surface area contributed by atoms with Gasteiger partial charge in [0.15, 0.2) is 0 Å². The first-order chi connectivity index (χ1) is 9.36. The predicted octanol–water partition coefficient (Wildman–Crippen LogP) is 7.22. The average molecular weight is 281 g/mol. The molecule has 0 bridgehead atoms. The molecule has 0 aromatic carbocycles. The zero-order valence-corrected chi connectivity index (χ0v) is 13.9. The number of unbranched alkanes of at least 4 members (excludes halogenated alkanes) is 7. The van der Waals surface area contributed by atoms with Crippen LogP contribution >= 0.6 is 11.8 Å². The second kappa shape index (κ2) is 11.6. The molecule has 0 aliphatic carbocycles. The number of allylic oxidation sites excluding steroid dienone is 4. The molecule has 110 valence electrons. The van der Waals surface area contributed by atoms with Gasteiger partial charge in [-0.1, -0.05) is 82.7 Å². The van der Waals surface area contributed by atoms with Crippen molar-refractivity contribution in [3.05, 3.63) is 22.0 Å². The molecule has 19 heavy (non-hydrogen) atoms. The van der Waals surface area contributed by atoms with Gasteiger partial charge in [0.2, 0.25) is 0 Å². The molecule has 0 atom stereocenters. The van der Waals surface area contributed by atoms with Crippen molar-refractivity contribution < 1.29 is 0 Å². The molecule has 1 aliphatic heterocycles. The summed E-state index contributed by atoms with van der Waals surface area (Å²) in [6.45, 7) is 4.57. The van der Waals surface area contributed by atoms with E-state index in [9.17, 15) is 0 Å². The third-order valence-corrected chi connectivity index (χ3v) is 5.02. The molecule has 0 amide bonds. The maximum Gasteiger partial charge on any atom is -0.0142 e. The minimum Gasteiger partial charge on any atom is -0.0997 e. The van der Waals surface area contributed by atoms with E-state index in [0.29, 0.717) is 0 Å². The summed E-state index contributed by atoms with van der Waals surface area (Å²) in [4.78, 5) is 3.28. The van der Waals surface area contributed by atoms with Gasteiger partial charge in [-0.2, -0.15) is 0 Å². The molecular formula is C18H32S. The Labute approximate surface area is 125 Å². The van der Waals surface area contributed by atoms with Crippen LogP contribution in [-0.4, -0.2) is 0 Å². The summed E-state index contributed by atoms with van der Waals surface area (Å²) >= 11 is 2.07. The van der Waals surface area contributed by atoms with Crippen LogP contribution in [0.15, 0.2) is 22.0 Å². The highest BCUT2D eigenvalue weighted by molar-refractivity contribution is 8.06. The molecule has 0 spiro atoms. The van der Waals surface area contributed by atoms with Crippen LogP contribution in [0.5, 0.6) is 0 Å². The van der Waals surface area contributed by atoms with Crippen molar-refractivity contribution in [1.82, 2.24) is 0 Å². The van der Waals surface area contributed by atoms with E-state index >= 15 is 0 Å². The third-order valence-electron chi connectivity index (χ3n) is 3.76. The van der Waals surface area contributed by atoms with Crippen LogP contribution in [-0.2, 0) is 0 Å². The molecule has 1 rings (SSSR count). The number of hydrogen-bond donors (Lipinski definition) is 0. The van der Waals surface area contributed by atoms with Crippen LogP contribution in [0.25, 0.3) is 0 Å². The SMILES string of the molecule is CCCCCCCCC1=CCC=C(CCCCC)S1. The summed E-state index contributed by atoms with van der Waals surface area (Å²) in [5.41, 5.74) is 0. The fourth-order valence-electron chi connectivity index (χ4n) is 2.51. The van der Waals surface area contributed by atoms with Gasteiger partial charge in [0.1, 0.15) is 0 Å². The summed E-state index contributed by atoms with van der Waals surface area (Å²) in [7, 11) is 0. The van der Waals surface area contributed by atoms with Crippen LogP contribution in [0.2, 0.25) is 0 Å². The highest BCUT2D eigenvalue weighted by Crippen LogP contribution is 2.36. The third kappa shape index (κ3) is 8.57. The van der Waals surface area contributed by atoms with Crippen LogP contribution in [0.3, 0.4) is 0 Å². The maximum absolute atomic E-state index is 2.44.